The van der Waals surface area contributed by atoms with Crippen LogP contribution in [0.15, 0.2) is 28.8 Å². The Labute approximate surface area is 191 Å². The third-order valence-corrected chi connectivity index (χ3v) is 7.57. The topological polar surface area (TPSA) is 101 Å². The van der Waals surface area contributed by atoms with Gasteiger partial charge in [0.1, 0.15) is 17.0 Å². The van der Waals surface area contributed by atoms with E-state index in [-0.39, 0.29) is 24.7 Å². The Morgan fingerprint density at radius 2 is 1.88 bits per heavy atom. The Bertz CT molecular complexity index is 1010. The number of rotatable bonds is 10. The van der Waals surface area contributed by atoms with Gasteiger partial charge in [-0.05, 0) is 58.2 Å². The van der Waals surface area contributed by atoms with Crippen molar-refractivity contribution in [1.29, 1.82) is 0 Å². The van der Waals surface area contributed by atoms with Crippen LogP contribution in [0, 0.1) is 0 Å². The molecule has 2 unspecified atom stereocenters. The highest BCUT2D eigenvalue weighted by Crippen LogP contribution is 2.53. The lowest BCUT2D eigenvalue weighted by atomic mass is 9.95. The summed E-state index contributed by atoms with van der Waals surface area (Å²) in [6, 6.07) is 6.33. The van der Waals surface area contributed by atoms with E-state index in [9.17, 15) is 18.1 Å². The molecule has 1 heterocycles. The van der Waals surface area contributed by atoms with Crippen molar-refractivity contribution in [3.8, 4) is 5.75 Å². The summed E-state index contributed by atoms with van der Waals surface area (Å²) in [5.41, 5.74) is -1.51. The van der Waals surface area contributed by atoms with E-state index in [0.717, 1.165) is 18.4 Å². The maximum Gasteiger partial charge on any atom is 0.387 e. The van der Waals surface area contributed by atoms with Crippen LogP contribution in [-0.2, 0) is 30.5 Å². The lowest BCUT2D eigenvalue weighted by Crippen LogP contribution is -2.33. The number of aromatic nitrogens is 2. The molecule has 0 radical (unpaired) electrons. The molecule has 0 bridgehead atoms. The van der Waals surface area contributed by atoms with Crippen molar-refractivity contribution in [2.45, 2.75) is 70.2 Å². The Morgan fingerprint density at radius 3 is 2.39 bits per heavy atom. The lowest BCUT2D eigenvalue weighted by Gasteiger charge is -2.26. The molecule has 3 rings (SSSR count). The Kier molecular flexibility index (Phi) is 7.29. The summed E-state index contributed by atoms with van der Waals surface area (Å²) >= 11 is 0. The van der Waals surface area contributed by atoms with Gasteiger partial charge in [0.15, 0.2) is 5.82 Å². The first kappa shape index (κ1) is 25.3. The summed E-state index contributed by atoms with van der Waals surface area (Å²) in [6.45, 7) is 5.55. The summed E-state index contributed by atoms with van der Waals surface area (Å²) in [5, 5.41) is 4.09. The van der Waals surface area contributed by atoms with Crippen LogP contribution in [-0.4, -0.2) is 47.3 Å². The van der Waals surface area contributed by atoms with Crippen molar-refractivity contribution in [2.24, 2.45) is 0 Å². The average Bonchev–Trinajstić information content (AvgIpc) is 3.36. The molecule has 2 aromatic rings. The van der Waals surface area contributed by atoms with E-state index in [4.69, 9.17) is 13.8 Å². The van der Waals surface area contributed by atoms with Crippen molar-refractivity contribution in [3.05, 3.63) is 41.5 Å². The highest BCUT2D eigenvalue weighted by Gasteiger charge is 2.50. The van der Waals surface area contributed by atoms with Gasteiger partial charge < -0.3 is 18.5 Å². The number of benzene rings is 1. The molecule has 1 fully saturated rings. The number of carbonyl (C=O) groups is 1. The van der Waals surface area contributed by atoms with Crippen molar-refractivity contribution in [3.63, 3.8) is 0 Å². The van der Waals surface area contributed by atoms with Crippen LogP contribution in [0.25, 0.3) is 0 Å². The summed E-state index contributed by atoms with van der Waals surface area (Å²) < 4.78 is 58.6. The zero-order chi connectivity index (χ0) is 24.4. The Hall–Kier alpha value is -2.32. The number of carbonyl (C=O) groups excluding carboxylic acids is 1. The van der Waals surface area contributed by atoms with Gasteiger partial charge in [0.05, 0.1) is 12.0 Å². The van der Waals surface area contributed by atoms with Crippen molar-refractivity contribution >= 4 is 13.3 Å². The molecular formula is C22H29F2N2O6P. The van der Waals surface area contributed by atoms with Gasteiger partial charge >= 0.3 is 12.6 Å². The number of nitrogens with zero attached hydrogens (tertiary/aromatic N) is 2. The van der Waals surface area contributed by atoms with Crippen LogP contribution in [0.4, 0.5) is 8.78 Å². The van der Waals surface area contributed by atoms with Crippen LogP contribution in [0.1, 0.15) is 57.8 Å². The fraction of sp³-hybridized carbons (Fsp3) is 0.591. The van der Waals surface area contributed by atoms with Crippen LogP contribution in [0.2, 0.25) is 0 Å². The van der Waals surface area contributed by atoms with Crippen LogP contribution in [0.5, 0.6) is 5.75 Å². The molecule has 1 aliphatic rings. The van der Waals surface area contributed by atoms with E-state index < -0.39 is 36.6 Å². The Balaban J connectivity index is 1.81. The smallest absolute Gasteiger partial charge is 0.387 e. The molecule has 11 heteroatoms. The van der Waals surface area contributed by atoms with Gasteiger partial charge in [0.2, 0.25) is 13.3 Å². The van der Waals surface area contributed by atoms with E-state index in [1.807, 2.05) is 0 Å². The second-order valence-corrected chi connectivity index (χ2v) is 11.8. The van der Waals surface area contributed by atoms with E-state index in [0.29, 0.717) is 5.82 Å². The fourth-order valence-corrected chi connectivity index (χ4v) is 5.19. The summed E-state index contributed by atoms with van der Waals surface area (Å²) in [4.78, 5) is 17.3. The van der Waals surface area contributed by atoms with E-state index in [1.54, 1.807) is 39.8 Å². The molecule has 1 aromatic heterocycles. The summed E-state index contributed by atoms with van der Waals surface area (Å²) in [7, 11) is -3.38. The van der Waals surface area contributed by atoms with Gasteiger partial charge in [0, 0.05) is 13.1 Å². The number of hydrogen-bond donors (Lipinski definition) is 0. The van der Waals surface area contributed by atoms with Gasteiger partial charge in [-0.25, -0.2) is 0 Å². The number of ether oxygens (including phenoxy) is 2. The molecule has 33 heavy (non-hydrogen) atoms. The number of hydrogen-bond acceptors (Lipinski definition) is 8. The van der Waals surface area contributed by atoms with Gasteiger partial charge in [0.25, 0.3) is 0 Å². The predicted octanol–water partition coefficient (Wildman–Crippen LogP) is 4.95. The molecule has 0 saturated heterocycles. The third-order valence-electron chi connectivity index (χ3n) is 5.28. The van der Waals surface area contributed by atoms with Gasteiger partial charge in [-0.1, -0.05) is 17.3 Å². The van der Waals surface area contributed by atoms with Crippen molar-refractivity contribution < 1.29 is 36.7 Å². The van der Waals surface area contributed by atoms with Gasteiger partial charge in [-0.2, -0.15) is 13.8 Å². The normalized spacial score (nSPS) is 17.9. The van der Waals surface area contributed by atoms with E-state index >= 15 is 0 Å². The van der Waals surface area contributed by atoms with Crippen LogP contribution < -0.4 is 4.74 Å². The molecule has 0 spiro atoms. The second-order valence-electron chi connectivity index (χ2n) is 9.08. The van der Waals surface area contributed by atoms with Gasteiger partial charge in [-0.15, -0.1) is 0 Å². The molecule has 0 amide bonds. The fourth-order valence-electron chi connectivity index (χ4n) is 3.58. The number of halogens is 2. The number of alkyl halides is 2. The first-order chi connectivity index (χ1) is 15.4. The highest BCUT2D eigenvalue weighted by molar-refractivity contribution is 7.60. The quantitative estimate of drug-likeness (QED) is 0.344. The first-order valence-corrected chi connectivity index (χ1v) is 12.8. The zero-order valence-electron chi connectivity index (χ0n) is 19.3. The minimum Gasteiger partial charge on any atom is -0.459 e. The predicted molar refractivity (Wildman–Crippen MR) is 116 cm³/mol. The van der Waals surface area contributed by atoms with Crippen molar-refractivity contribution in [1.82, 2.24) is 10.1 Å². The monoisotopic (exact) mass is 486 g/mol. The minimum atomic E-state index is -3.38. The molecular weight excluding hydrogens is 457 g/mol. The average molecular weight is 486 g/mol. The maximum atomic E-state index is 13.1. The minimum absolute atomic E-state index is 0.0631. The zero-order valence-corrected chi connectivity index (χ0v) is 20.2. The highest BCUT2D eigenvalue weighted by atomic mass is 31.2. The van der Waals surface area contributed by atoms with Crippen LogP contribution in [0.3, 0.4) is 0 Å². The molecule has 182 valence electrons. The molecule has 1 saturated carbocycles. The molecule has 2 atom stereocenters. The number of esters is 1. The van der Waals surface area contributed by atoms with E-state index in [1.165, 1.54) is 18.8 Å². The maximum absolute atomic E-state index is 13.1. The SMILES string of the molecule is CCOP(C)(=O)C(Cc1nc(C2(c3ccc(OC(F)F)cc3)CC2)no1)C(=O)OC(C)(C)C. The van der Waals surface area contributed by atoms with E-state index in [2.05, 4.69) is 14.9 Å². The van der Waals surface area contributed by atoms with Crippen LogP contribution >= 0.6 is 7.37 Å². The second kappa shape index (κ2) is 9.50. The first-order valence-electron chi connectivity index (χ1n) is 10.7. The van der Waals surface area contributed by atoms with Crippen molar-refractivity contribution in [2.75, 3.05) is 13.3 Å². The molecule has 0 N–H and O–H groups in total. The summed E-state index contributed by atoms with van der Waals surface area (Å²) in [5.74, 6) is -0.0256. The summed E-state index contributed by atoms with van der Waals surface area (Å²) in [6.07, 6.45) is 1.41. The molecule has 8 nitrogen and oxygen atoms in total. The molecule has 0 aliphatic heterocycles. The molecule has 1 aromatic carbocycles. The lowest BCUT2D eigenvalue weighted by molar-refractivity contribution is -0.154. The van der Waals surface area contributed by atoms with Gasteiger partial charge in [-0.3, -0.25) is 9.36 Å². The largest absolute Gasteiger partial charge is 0.459 e. The third kappa shape index (κ3) is 6.18. The molecule has 1 aliphatic carbocycles. The standard InChI is InChI=1S/C22H29F2N2O6P/c1-6-29-33(5,28)16(18(27)31-21(2,3)4)13-17-25-19(26-32-17)22(11-12-22)14-7-9-15(10-8-14)30-20(23)24/h7-10,16,20H,6,11-13H2,1-5H3. The Morgan fingerprint density at radius 1 is 1.24 bits per heavy atom.